The van der Waals surface area contributed by atoms with Crippen molar-refractivity contribution in [3.63, 3.8) is 0 Å². The minimum atomic E-state index is -0.00192. The maximum atomic E-state index is 5.17. The van der Waals surface area contributed by atoms with E-state index in [0.29, 0.717) is 0 Å². The van der Waals surface area contributed by atoms with Crippen molar-refractivity contribution < 1.29 is 0 Å². The summed E-state index contributed by atoms with van der Waals surface area (Å²) in [6, 6.07) is 23.4. The van der Waals surface area contributed by atoms with Gasteiger partial charge in [0.2, 0.25) is 0 Å². The van der Waals surface area contributed by atoms with Gasteiger partial charge in [-0.1, -0.05) is 42.5 Å². The Hall–Kier alpha value is -4.19. The Balaban J connectivity index is 1.46. The molecule has 5 aromatic rings. The first-order valence-electron chi connectivity index (χ1n) is 11.3. The van der Waals surface area contributed by atoms with E-state index in [1.807, 2.05) is 6.07 Å². The van der Waals surface area contributed by atoms with Crippen LogP contribution >= 0.6 is 0 Å². The van der Waals surface area contributed by atoms with E-state index >= 15 is 0 Å². The van der Waals surface area contributed by atoms with Gasteiger partial charge in [-0.2, -0.15) is 0 Å². The topological polar surface area (TPSA) is 50.1 Å². The fraction of sp³-hybridized carbons (Fsp3) is 0.148. The smallest absolute Gasteiger partial charge is 0.178 e. The molecule has 1 atom stereocenters. The number of benzene rings is 3. The fourth-order valence-corrected chi connectivity index (χ4v) is 5.37. The second-order valence-corrected chi connectivity index (χ2v) is 8.68. The molecule has 0 N–H and O–H groups in total. The summed E-state index contributed by atoms with van der Waals surface area (Å²) in [7, 11) is 0. The summed E-state index contributed by atoms with van der Waals surface area (Å²) < 4.78 is 2.31. The van der Waals surface area contributed by atoms with Crippen molar-refractivity contribution in [1.82, 2.24) is 19.5 Å². The number of hydrogen-bond acceptors (Lipinski definition) is 5. The van der Waals surface area contributed by atoms with Crippen LogP contribution in [0.5, 0.6) is 0 Å². The molecule has 0 amide bonds. The molecule has 6 nitrogen and oxygen atoms in total. The molecule has 3 aromatic carbocycles. The van der Waals surface area contributed by atoms with Crippen LogP contribution in [0.2, 0.25) is 0 Å². The molecule has 0 spiro atoms. The predicted molar refractivity (Wildman–Crippen MR) is 131 cm³/mol. The van der Waals surface area contributed by atoms with Gasteiger partial charge in [-0.3, -0.25) is 9.47 Å². The Labute approximate surface area is 191 Å². The molecular formula is C27H22N6. The zero-order chi connectivity index (χ0) is 22.1. The highest BCUT2D eigenvalue weighted by Crippen LogP contribution is 2.48. The summed E-state index contributed by atoms with van der Waals surface area (Å²) in [6.07, 6.45) is 4.38. The molecule has 0 bridgehead atoms. The van der Waals surface area contributed by atoms with Gasteiger partial charge in [-0.25, -0.2) is 15.0 Å². The molecule has 7 rings (SSSR count). The van der Waals surface area contributed by atoms with Gasteiger partial charge in [0.25, 0.3) is 0 Å². The van der Waals surface area contributed by atoms with Crippen molar-refractivity contribution in [3.8, 4) is 5.69 Å². The van der Waals surface area contributed by atoms with Crippen molar-refractivity contribution in [3.05, 3.63) is 96.1 Å². The van der Waals surface area contributed by atoms with E-state index < -0.39 is 0 Å². The number of rotatable bonds is 2. The third-order valence-corrected chi connectivity index (χ3v) is 6.79. The molecule has 2 aliphatic heterocycles. The molecule has 0 fully saturated rings. The van der Waals surface area contributed by atoms with E-state index in [1.165, 1.54) is 16.8 Å². The van der Waals surface area contributed by atoms with Gasteiger partial charge in [0, 0.05) is 24.5 Å². The Morgan fingerprint density at radius 3 is 2.36 bits per heavy atom. The Bertz CT molecular complexity index is 1540. The second kappa shape index (κ2) is 6.65. The highest BCUT2D eigenvalue weighted by molar-refractivity contribution is 5.98. The van der Waals surface area contributed by atoms with Crippen molar-refractivity contribution in [2.45, 2.75) is 26.4 Å². The van der Waals surface area contributed by atoms with Gasteiger partial charge < -0.3 is 4.90 Å². The Morgan fingerprint density at radius 2 is 1.55 bits per heavy atom. The number of para-hydroxylation sites is 2. The SMILES string of the molecule is Cc1ccc2c(nc3n2-c2ccccc2C3)c1N1c2nccnc2N(c2ccccc2)[C@@H]1C. The number of anilines is 4. The van der Waals surface area contributed by atoms with E-state index in [9.17, 15) is 0 Å². The summed E-state index contributed by atoms with van der Waals surface area (Å²) in [6.45, 7) is 4.36. The largest absolute Gasteiger partial charge is 0.302 e. The van der Waals surface area contributed by atoms with Crippen LogP contribution in [0.1, 0.15) is 23.9 Å². The van der Waals surface area contributed by atoms with Crippen LogP contribution in [0, 0.1) is 6.92 Å². The summed E-state index contributed by atoms with van der Waals surface area (Å²) in [4.78, 5) is 19.2. The molecule has 0 radical (unpaired) electrons. The minimum Gasteiger partial charge on any atom is -0.302 e. The molecule has 6 heteroatoms. The molecular weight excluding hydrogens is 408 g/mol. The van der Waals surface area contributed by atoms with E-state index in [0.717, 1.165) is 46.3 Å². The first-order chi connectivity index (χ1) is 16.2. The van der Waals surface area contributed by atoms with E-state index in [1.54, 1.807) is 12.4 Å². The average molecular weight is 431 g/mol. The van der Waals surface area contributed by atoms with Crippen molar-refractivity contribution in [1.29, 1.82) is 0 Å². The number of hydrogen-bond donors (Lipinski definition) is 0. The lowest BCUT2D eigenvalue weighted by atomic mass is 10.1. The van der Waals surface area contributed by atoms with Gasteiger partial charge in [-0.05, 0) is 49.2 Å². The van der Waals surface area contributed by atoms with Crippen LogP contribution in [0.3, 0.4) is 0 Å². The lowest BCUT2D eigenvalue weighted by Crippen LogP contribution is -2.36. The van der Waals surface area contributed by atoms with Gasteiger partial charge in [0.1, 0.15) is 17.5 Å². The van der Waals surface area contributed by atoms with Crippen LogP contribution in [0.25, 0.3) is 16.7 Å². The molecule has 0 saturated heterocycles. The molecule has 2 aromatic heterocycles. The highest BCUT2D eigenvalue weighted by atomic mass is 15.5. The van der Waals surface area contributed by atoms with Gasteiger partial charge in [0.15, 0.2) is 11.6 Å². The van der Waals surface area contributed by atoms with Crippen LogP contribution in [0.4, 0.5) is 23.0 Å². The maximum absolute atomic E-state index is 5.17. The van der Waals surface area contributed by atoms with Crippen LogP contribution in [-0.2, 0) is 6.42 Å². The van der Waals surface area contributed by atoms with Gasteiger partial charge in [-0.15, -0.1) is 0 Å². The summed E-state index contributed by atoms with van der Waals surface area (Å²) in [5, 5.41) is 0. The molecule has 4 heterocycles. The fourth-order valence-electron chi connectivity index (χ4n) is 5.37. The summed E-state index contributed by atoms with van der Waals surface area (Å²) in [5.41, 5.74) is 8.06. The lowest BCUT2D eigenvalue weighted by Gasteiger charge is -2.30. The van der Waals surface area contributed by atoms with Gasteiger partial charge in [0.05, 0.1) is 16.9 Å². The number of nitrogens with zero attached hydrogens (tertiary/aromatic N) is 6. The molecule has 0 aliphatic carbocycles. The monoisotopic (exact) mass is 430 g/mol. The molecule has 0 saturated carbocycles. The molecule has 0 unspecified atom stereocenters. The van der Waals surface area contributed by atoms with Crippen molar-refractivity contribution in [2.24, 2.45) is 0 Å². The van der Waals surface area contributed by atoms with Gasteiger partial charge >= 0.3 is 0 Å². The first-order valence-corrected chi connectivity index (χ1v) is 11.3. The van der Waals surface area contributed by atoms with Crippen LogP contribution < -0.4 is 9.80 Å². The molecule has 160 valence electrons. The quantitative estimate of drug-likeness (QED) is 0.355. The third kappa shape index (κ3) is 2.46. The Morgan fingerprint density at radius 1 is 0.818 bits per heavy atom. The first kappa shape index (κ1) is 18.4. The second-order valence-electron chi connectivity index (χ2n) is 8.68. The predicted octanol–water partition coefficient (Wildman–Crippen LogP) is 5.66. The number of aryl methyl sites for hydroxylation is 1. The summed E-state index contributed by atoms with van der Waals surface area (Å²) >= 11 is 0. The Kier molecular flexibility index (Phi) is 3.71. The molecule has 2 aliphatic rings. The zero-order valence-electron chi connectivity index (χ0n) is 18.5. The third-order valence-electron chi connectivity index (χ3n) is 6.79. The minimum absolute atomic E-state index is 0.00192. The van der Waals surface area contributed by atoms with E-state index in [4.69, 9.17) is 15.0 Å². The molecule has 33 heavy (non-hydrogen) atoms. The lowest BCUT2D eigenvalue weighted by molar-refractivity contribution is 0.754. The normalized spacial score (nSPS) is 16.2. The van der Waals surface area contributed by atoms with Crippen molar-refractivity contribution in [2.75, 3.05) is 9.80 Å². The van der Waals surface area contributed by atoms with Crippen LogP contribution in [0.15, 0.2) is 79.1 Å². The highest BCUT2D eigenvalue weighted by Gasteiger charge is 2.39. The summed E-state index contributed by atoms with van der Waals surface area (Å²) in [5.74, 6) is 2.81. The standard InChI is InChI=1S/C27H22N6/c1-17-12-13-22-24(30-23-16-19-8-6-7-11-21(19)33(22)23)25(17)32-18(2)31(20-9-4-3-5-10-20)26-27(32)29-15-14-28-26/h3-15,18H,16H2,1-2H3/t18-/m0/s1. The van der Waals surface area contributed by atoms with E-state index in [-0.39, 0.29) is 6.17 Å². The maximum Gasteiger partial charge on any atom is 0.178 e. The number of aromatic nitrogens is 4. The van der Waals surface area contributed by atoms with Crippen molar-refractivity contribution >= 4 is 34.0 Å². The average Bonchev–Trinajstić information content (AvgIpc) is 3.47. The number of fused-ring (bicyclic) bond motifs is 6. The number of imidazole rings is 1. The van der Waals surface area contributed by atoms with Crippen LogP contribution in [-0.4, -0.2) is 25.7 Å². The van der Waals surface area contributed by atoms with E-state index in [2.05, 4.69) is 88.9 Å². The zero-order valence-corrected chi connectivity index (χ0v) is 18.5.